The van der Waals surface area contributed by atoms with Crippen LogP contribution in [0.2, 0.25) is 0 Å². The van der Waals surface area contributed by atoms with E-state index in [1.165, 1.54) is 12.1 Å². The Bertz CT molecular complexity index is 484. The zero-order chi connectivity index (χ0) is 13.3. The molecule has 1 aliphatic rings. The fraction of sp³-hybridized carbons (Fsp3) is 0.615. The van der Waals surface area contributed by atoms with Gasteiger partial charge in [-0.05, 0) is 32.8 Å². The van der Waals surface area contributed by atoms with Gasteiger partial charge in [-0.25, -0.2) is 4.39 Å². The summed E-state index contributed by atoms with van der Waals surface area (Å²) < 4.78 is 19.4. The van der Waals surface area contributed by atoms with E-state index in [0.717, 1.165) is 12.8 Å². The molecule has 1 saturated heterocycles. The van der Waals surface area contributed by atoms with E-state index in [1.54, 1.807) is 11.9 Å². The lowest BCUT2D eigenvalue weighted by atomic mass is 9.93. The molecule has 0 aliphatic carbocycles. The van der Waals surface area contributed by atoms with Crippen LogP contribution in [-0.4, -0.2) is 30.3 Å². The Morgan fingerprint density at radius 3 is 2.89 bits per heavy atom. The van der Waals surface area contributed by atoms with Crippen molar-refractivity contribution in [3.05, 3.63) is 28.3 Å². The molecule has 18 heavy (non-hydrogen) atoms. The van der Waals surface area contributed by atoms with E-state index in [9.17, 15) is 9.18 Å². The summed E-state index contributed by atoms with van der Waals surface area (Å²) in [6.07, 6.45) is 1.64. The molecule has 0 amide bonds. The Morgan fingerprint density at radius 1 is 1.50 bits per heavy atom. The van der Waals surface area contributed by atoms with Gasteiger partial charge in [0.2, 0.25) is 5.56 Å². The van der Waals surface area contributed by atoms with Crippen molar-refractivity contribution < 1.29 is 9.13 Å². The monoisotopic (exact) mass is 254 g/mol. The lowest BCUT2D eigenvalue weighted by Gasteiger charge is -2.40. The van der Waals surface area contributed by atoms with Crippen molar-refractivity contribution in [1.82, 2.24) is 4.98 Å². The summed E-state index contributed by atoms with van der Waals surface area (Å²) in [4.78, 5) is 15.6. The number of nitrogens with zero attached hydrogens (tertiary/aromatic N) is 1. The lowest BCUT2D eigenvalue weighted by Crippen LogP contribution is -2.45. The minimum absolute atomic E-state index is 0.168. The van der Waals surface area contributed by atoms with Crippen molar-refractivity contribution in [2.75, 3.05) is 18.6 Å². The highest BCUT2D eigenvalue weighted by Crippen LogP contribution is 2.29. The number of aromatic nitrogens is 1. The molecular weight excluding hydrogens is 235 g/mol. The van der Waals surface area contributed by atoms with Crippen LogP contribution in [0.5, 0.6) is 0 Å². The second-order valence-corrected chi connectivity index (χ2v) is 5.38. The van der Waals surface area contributed by atoms with E-state index < -0.39 is 5.82 Å². The standard InChI is InChI=1S/C13H19FN2O2/c1-13(2)8-9(6-7-18-13)16(3)12-10(14)4-5-11(17)15-12/h4-5,9H,6-8H2,1-3H3,(H,15,17). The Balaban J connectivity index is 2.23. The average Bonchev–Trinajstić information content (AvgIpc) is 2.30. The molecule has 0 bridgehead atoms. The maximum absolute atomic E-state index is 13.7. The zero-order valence-electron chi connectivity index (χ0n) is 11.0. The Labute approximate surface area is 106 Å². The molecule has 1 atom stereocenters. The smallest absolute Gasteiger partial charge is 0.249 e. The van der Waals surface area contributed by atoms with Crippen molar-refractivity contribution in [3.8, 4) is 0 Å². The van der Waals surface area contributed by atoms with Crippen LogP contribution in [0.25, 0.3) is 0 Å². The van der Waals surface area contributed by atoms with Crippen LogP contribution < -0.4 is 10.5 Å². The molecule has 100 valence electrons. The van der Waals surface area contributed by atoms with Gasteiger partial charge in [-0.1, -0.05) is 0 Å². The molecule has 4 nitrogen and oxygen atoms in total. The van der Waals surface area contributed by atoms with Crippen LogP contribution in [0.1, 0.15) is 26.7 Å². The maximum atomic E-state index is 13.7. The second-order valence-electron chi connectivity index (χ2n) is 5.38. The molecular formula is C13H19FN2O2. The number of anilines is 1. The summed E-state index contributed by atoms with van der Waals surface area (Å²) in [6.45, 7) is 4.70. The van der Waals surface area contributed by atoms with Gasteiger partial charge in [0.1, 0.15) is 5.82 Å². The van der Waals surface area contributed by atoms with E-state index in [1.807, 2.05) is 13.8 Å². The maximum Gasteiger partial charge on any atom is 0.249 e. The Hall–Kier alpha value is -1.36. The Kier molecular flexibility index (Phi) is 3.43. The highest BCUT2D eigenvalue weighted by molar-refractivity contribution is 5.40. The molecule has 1 aliphatic heterocycles. The largest absolute Gasteiger partial charge is 0.375 e. The molecule has 1 N–H and O–H groups in total. The summed E-state index contributed by atoms with van der Waals surface area (Å²) in [5.74, 6) is -0.147. The number of H-pyrrole nitrogens is 1. The van der Waals surface area contributed by atoms with E-state index in [2.05, 4.69) is 4.98 Å². The molecule has 1 unspecified atom stereocenters. The Morgan fingerprint density at radius 2 is 2.22 bits per heavy atom. The van der Waals surface area contributed by atoms with Crippen molar-refractivity contribution in [2.24, 2.45) is 0 Å². The topological polar surface area (TPSA) is 45.3 Å². The fourth-order valence-electron chi connectivity index (χ4n) is 2.42. The number of pyridine rings is 1. The third-order valence-corrected chi connectivity index (χ3v) is 3.42. The third-order valence-electron chi connectivity index (χ3n) is 3.42. The predicted molar refractivity (Wildman–Crippen MR) is 68.5 cm³/mol. The fourth-order valence-corrected chi connectivity index (χ4v) is 2.42. The van der Waals surface area contributed by atoms with Gasteiger partial charge >= 0.3 is 0 Å². The number of nitrogens with one attached hydrogen (secondary N) is 1. The van der Waals surface area contributed by atoms with Gasteiger partial charge in [-0.15, -0.1) is 0 Å². The summed E-state index contributed by atoms with van der Waals surface area (Å²) in [5, 5.41) is 0. The highest BCUT2D eigenvalue weighted by atomic mass is 19.1. The zero-order valence-corrected chi connectivity index (χ0v) is 11.0. The minimum Gasteiger partial charge on any atom is -0.375 e. The molecule has 1 aromatic rings. The summed E-state index contributed by atoms with van der Waals surface area (Å²) in [7, 11) is 1.81. The van der Waals surface area contributed by atoms with Gasteiger partial charge in [0.25, 0.3) is 0 Å². The number of halogens is 1. The molecule has 2 heterocycles. The van der Waals surface area contributed by atoms with Crippen LogP contribution in [0, 0.1) is 5.82 Å². The van der Waals surface area contributed by atoms with E-state index in [-0.39, 0.29) is 23.0 Å². The van der Waals surface area contributed by atoms with Gasteiger partial charge in [0.15, 0.2) is 5.82 Å². The molecule has 1 aromatic heterocycles. The van der Waals surface area contributed by atoms with Crippen LogP contribution in [0.3, 0.4) is 0 Å². The van der Waals surface area contributed by atoms with Crippen LogP contribution in [0.4, 0.5) is 10.2 Å². The average molecular weight is 254 g/mol. The van der Waals surface area contributed by atoms with Gasteiger partial charge < -0.3 is 14.6 Å². The van der Waals surface area contributed by atoms with Crippen LogP contribution in [0.15, 0.2) is 16.9 Å². The van der Waals surface area contributed by atoms with Gasteiger partial charge in [-0.2, -0.15) is 0 Å². The number of ether oxygens (including phenoxy) is 1. The summed E-state index contributed by atoms with van der Waals surface area (Å²) in [6, 6.07) is 2.57. The SMILES string of the molecule is CN(c1[nH]c(=O)ccc1F)C1CCOC(C)(C)C1. The highest BCUT2D eigenvalue weighted by Gasteiger charge is 2.32. The molecule has 0 saturated carbocycles. The lowest BCUT2D eigenvalue weighted by molar-refractivity contribution is -0.0585. The van der Waals surface area contributed by atoms with Crippen molar-refractivity contribution in [2.45, 2.75) is 38.3 Å². The molecule has 2 rings (SSSR count). The summed E-state index contributed by atoms with van der Waals surface area (Å²) in [5.41, 5.74) is -0.493. The first-order valence-electron chi connectivity index (χ1n) is 6.15. The van der Waals surface area contributed by atoms with E-state index in [0.29, 0.717) is 6.61 Å². The second kappa shape index (κ2) is 4.72. The normalized spacial score (nSPS) is 22.8. The molecule has 1 fully saturated rings. The quantitative estimate of drug-likeness (QED) is 0.877. The van der Waals surface area contributed by atoms with E-state index >= 15 is 0 Å². The third kappa shape index (κ3) is 2.72. The first-order valence-corrected chi connectivity index (χ1v) is 6.15. The summed E-state index contributed by atoms with van der Waals surface area (Å²) >= 11 is 0. The van der Waals surface area contributed by atoms with Crippen molar-refractivity contribution >= 4 is 5.82 Å². The number of hydrogen-bond acceptors (Lipinski definition) is 3. The van der Waals surface area contributed by atoms with Crippen LogP contribution in [-0.2, 0) is 4.74 Å². The van der Waals surface area contributed by atoms with Crippen molar-refractivity contribution in [1.29, 1.82) is 0 Å². The first-order chi connectivity index (χ1) is 8.39. The van der Waals surface area contributed by atoms with Gasteiger partial charge in [0.05, 0.1) is 5.60 Å². The van der Waals surface area contributed by atoms with Crippen molar-refractivity contribution in [3.63, 3.8) is 0 Å². The first kappa shape index (κ1) is 13.1. The number of rotatable bonds is 2. The van der Waals surface area contributed by atoms with Crippen LogP contribution >= 0.6 is 0 Å². The van der Waals surface area contributed by atoms with Gasteiger partial charge in [-0.3, -0.25) is 4.79 Å². The van der Waals surface area contributed by atoms with Gasteiger partial charge in [0, 0.05) is 25.8 Å². The predicted octanol–water partition coefficient (Wildman–Crippen LogP) is 1.91. The molecule has 5 heteroatoms. The molecule has 0 aromatic carbocycles. The molecule has 0 radical (unpaired) electrons. The minimum atomic E-state index is -0.401. The number of hydrogen-bond donors (Lipinski definition) is 1. The van der Waals surface area contributed by atoms with E-state index in [4.69, 9.17) is 4.74 Å². The molecule has 0 spiro atoms. The number of aromatic amines is 1.